The maximum Gasteiger partial charge on any atom is 0.333 e. The number of esters is 2. The van der Waals surface area contributed by atoms with E-state index in [1.807, 2.05) is 13.8 Å². The summed E-state index contributed by atoms with van der Waals surface area (Å²) in [5.41, 5.74) is 1.28. The summed E-state index contributed by atoms with van der Waals surface area (Å²) in [5.74, 6) is -0.303. The molecule has 8 atom stereocenters. The predicted octanol–water partition coefficient (Wildman–Crippen LogP) is 2.80. The largest absolute Gasteiger partial charge is 0.461 e. The molecule has 0 bridgehead atoms. The molecular weight excluding hydrogens is 320 g/mol. The van der Waals surface area contributed by atoms with E-state index in [4.69, 9.17) is 14.2 Å². The van der Waals surface area contributed by atoms with Crippen LogP contribution >= 0.6 is 0 Å². The Morgan fingerprint density at radius 2 is 2.12 bits per heavy atom. The van der Waals surface area contributed by atoms with Crippen molar-refractivity contribution in [3.05, 3.63) is 23.8 Å². The third-order valence-electron chi connectivity index (χ3n) is 6.97. The number of carbonyl (C=O) groups excluding carboxylic acids is 2. The van der Waals surface area contributed by atoms with E-state index in [1.165, 1.54) is 0 Å². The Hall–Kier alpha value is -1.62. The highest BCUT2D eigenvalue weighted by molar-refractivity contribution is 5.87. The predicted molar refractivity (Wildman–Crippen MR) is 90.5 cm³/mol. The molecule has 4 fully saturated rings. The molecule has 2 saturated heterocycles. The van der Waals surface area contributed by atoms with Crippen LogP contribution in [0.4, 0.5) is 0 Å². The van der Waals surface area contributed by atoms with Gasteiger partial charge in [0.05, 0.1) is 5.92 Å². The van der Waals surface area contributed by atoms with Crippen molar-refractivity contribution in [1.29, 1.82) is 0 Å². The van der Waals surface area contributed by atoms with Gasteiger partial charge < -0.3 is 14.2 Å². The first-order valence-corrected chi connectivity index (χ1v) is 9.18. The molecule has 0 unspecified atom stereocenters. The quantitative estimate of drug-likeness (QED) is 0.333. The molecule has 5 heteroatoms. The van der Waals surface area contributed by atoms with Crippen LogP contribution in [0.3, 0.4) is 0 Å². The summed E-state index contributed by atoms with van der Waals surface area (Å²) in [6.45, 7) is 11.9. The average molecular weight is 346 g/mol. The maximum absolute atomic E-state index is 12.4. The van der Waals surface area contributed by atoms with Crippen molar-refractivity contribution < 1.29 is 23.8 Å². The smallest absolute Gasteiger partial charge is 0.333 e. The fourth-order valence-electron chi connectivity index (χ4n) is 5.21. The minimum atomic E-state index is -0.328. The minimum Gasteiger partial charge on any atom is -0.461 e. The molecule has 4 rings (SSSR count). The molecule has 5 nitrogen and oxygen atoms in total. The Morgan fingerprint density at radius 1 is 1.40 bits per heavy atom. The van der Waals surface area contributed by atoms with Gasteiger partial charge in [0.25, 0.3) is 0 Å². The zero-order chi connectivity index (χ0) is 18.1. The molecular formula is C20H26O5. The number of epoxide rings is 1. The van der Waals surface area contributed by atoms with Gasteiger partial charge >= 0.3 is 11.9 Å². The lowest BCUT2D eigenvalue weighted by Gasteiger charge is -2.52. The molecule has 0 aromatic carbocycles. The summed E-state index contributed by atoms with van der Waals surface area (Å²) in [6, 6.07) is 0. The van der Waals surface area contributed by atoms with Gasteiger partial charge in [-0.1, -0.05) is 26.5 Å². The first kappa shape index (κ1) is 16.8. The van der Waals surface area contributed by atoms with Crippen molar-refractivity contribution >= 4 is 11.9 Å². The highest BCUT2D eigenvalue weighted by Crippen LogP contribution is 2.62. The van der Waals surface area contributed by atoms with Crippen molar-refractivity contribution in [1.82, 2.24) is 0 Å². The molecule has 4 aliphatic rings. The molecule has 25 heavy (non-hydrogen) atoms. The van der Waals surface area contributed by atoms with Crippen molar-refractivity contribution in [2.24, 2.45) is 23.2 Å². The fourth-order valence-corrected chi connectivity index (χ4v) is 5.21. The van der Waals surface area contributed by atoms with Crippen molar-refractivity contribution in [3.63, 3.8) is 0 Å². The molecule has 2 heterocycles. The highest BCUT2D eigenvalue weighted by atomic mass is 16.6. The molecule has 2 saturated carbocycles. The zero-order valence-corrected chi connectivity index (χ0v) is 15.3. The van der Waals surface area contributed by atoms with Gasteiger partial charge in [-0.15, -0.1) is 0 Å². The van der Waals surface area contributed by atoms with Gasteiger partial charge in [0.15, 0.2) is 0 Å². The van der Waals surface area contributed by atoms with E-state index in [0.29, 0.717) is 5.57 Å². The van der Waals surface area contributed by atoms with Crippen molar-refractivity contribution in [2.75, 3.05) is 0 Å². The summed E-state index contributed by atoms with van der Waals surface area (Å²) < 4.78 is 17.5. The number of ether oxygens (including phenoxy) is 3. The summed E-state index contributed by atoms with van der Waals surface area (Å²) >= 11 is 0. The van der Waals surface area contributed by atoms with Crippen LogP contribution in [0.2, 0.25) is 0 Å². The monoisotopic (exact) mass is 346 g/mol. The molecule has 0 spiro atoms. The lowest BCUT2D eigenvalue weighted by atomic mass is 9.54. The normalized spacial score (nSPS) is 48.2. The molecule has 136 valence electrons. The van der Waals surface area contributed by atoms with E-state index in [-0.39, 0.29) is 59.5 Å². The Kier molecular flexibility index (Phi) is 3.66. The maximum atomic E-state index is 12.4. The third-order valence-corrected chi connectivity index (χ3v) is 6.97. The third kappa shape index (κ3) is 2.24. The highest BCUT2D eigenvalue weighted by Gasteiger charge is 2.69. The fraction of sp³-hybridized carbons (Fsp3) is 0.700. The van der Waals surface area contributed by atoms with Gasteiger partial charge in [-0.3, -0.25) is 4.79 Å². The van der Waals surface area contributed by atoms with E-state index in [0.717, 1.165) is 18.4 Å². The topological polar surface area (TPSA) is 65.1 Å². The number of rotatable bonds is 2. The van der Waals surface area contributed by atoms with E-state index in [2.05, 4.69) is 13.5 Å². The lowest BCUT2D eigenvalue weighted by Crippen LogP contribution is -2.57. The number of hydrogen-bond donors (Lipinski definition) is 0. The van der Waals surface area contributed by atoms with Gasteiger partial charge in [-0.2, -0.15) is 0 Å². The Labute approximate surface area is 148 Å². The van der Waals surface area contributed by atoms with Crippen LogP contribution in [0.15, 0.2) is 23.8 Å². The number of carbonyl (C=O) groups is 2. The molecule has 0 aromatic rings. The van der Waals surface area contributed by atoms with Crippen LogP contribution in [0, 0.1) is 23.2 Å². The van der Waals surface area contributed by atoms with Crippen LogP contribution in [0.5, 0.6) is 0 Å². The number of fused-ring (bicyclic) bond motifs is 4. The van der Waals surface area contributed by atoms with E-state index in [9.17, 15) is 9.59 Å². The minimum absolute atomic E-state index is 0.0207. The van der Waals surface area contributed by atoms with Crippen molar-refractivity contribution in [2.45, 2.75) is 65.0 Å². The Balaban J connectivity index is 1.67. The zero-order valence-electron chi connectivity index (χ0n) is 15.3. The van der Waals surface area contributed by atoms with E-state index in [1.54, 1.807) is 13.0 Å². The Bertz CT molecular complexity index is 680. The summed E-state index contributed by atoms with van der Waals surface area (Å²) in [7, 11) is 0. The molecule has 2 aliphatic carbocycles. The van der Waals surface area contributed by atoms with Gasteiger partial charge in [-0.25, -0.2) is 4.79 Å². The standard InChI is InChI=1S/C20H26O5/c1-6-9(2)18(21)25-17-16-14(23-16)11(4)13-15-12(7-8-20(13,17)5)10(3)19(22)24-15/h6,10,12-17H,4,7-8H2,1-3,5H3/b9-6+/t10-,12-,13-,14+,15+,16+,17+,20-/m0/s1. The number of allylic oxidation sites excluding steroid dienone is 1. The van der Waals surface area contributed by atoms with E-state index < -0.39 is 0 Å². The molecule has 0 N–H and O–H groups in total. The van der Waals surface area contributed by atoms with Crippen LogP contribution in [-0.2, 0) is 23.8 Å². The number of hydrogen-bond acceptors (Lipinski definition) is 5. The molecule has 0 aromatic heterocycles. The van der Waals surface area contributed by atoms with Crippen LogP contribution in [0.25, 0.3) is 0 Å². The molecule has 0 amide bonds. The van der Waals surface area contributed by atoms with E-state index >= 15 is 0 Å². The molecule has 2 aliphatic heterocycles. The van der Waals surface area contributed by atoms with Gasteiger partial charge in [0, 0.05) is 22.8 Å². The van der Waals surface area contributed by atoms with Crippen LogP contribution in [-0.4, -0.2) is 36.4 Å². The first-order valence-electron chi connectivity index (χ1n) is 9.18. The second kappa shape index (κ2) is 5.44. The summed E-state index contributed by atoms with van der Waals surface area (Å²) in [4.78, 5) is 24.5. The average Bonchev–Trinajstić information content (AvgIpc) is 3.32. The second-order valence-electron chi connectivity index (χ2n) is 8.27. The molecule has 0 radical (unpaired) electrons. The SMILES string of the molecule is C=C1[C@H]2O[C@H]2[C@@H](OC(=O)/C(C)=C/C)[C@@]2(C)CC[C@@H]3[C@@H](OC(=O)[C@H]3C)[C@H]12. The van der Waals surface area contributed by atoms with Crippen LogP contribution < -0.4 is 0 Å². The van der Waals surface area contributed by atoms with Gasteiger partial charge in [-0.05, 0) is 32.3 Å². The van der Waals surface area contributed by atoms with Crippen molar-refractivity contribution in [3.8, 4) is 0 Å². The lowest BCUT2D eigenvalue weighted by molar-refractivity contribution is -0.168. The second-order valence-corrected chi connectivity index (χ2v) is 8.27. The Morgan fingerprint density at radius 3 is 2.80 bits per heavy atom. The first-order chi connectivity index (χ1) is 11.8. The van der Waals surface area contributed by atoms with Crippen LogP contribution in [0.1, 0.15) is 40.5 Å². The van der Waals surface area contributed by atoms with Gasteiger partial charge in [0.1, 0.15) is 24.4 Å². The summed E-state index contributed by atoms with van der Waals surface area (Å²) in [5, 5.41) is 0. The van der Waals surface area contributed by atoms with Gasteiger partial charge in [0.2, 0.25) is 0 Å². The summed E-state index contributed by atoms with van der Waals surface area (Å²) in [6.07, 6.45) is 2.81.